The first-order valence-electron chi connectivity index (χ1n) is 9.88. The van der Waals surface area contributed by atoms with Crippen molar-refractivity contribution >= 4 is 12.2 Å². The van der Waals surface area contributed by atoms with E-state index in [1.54, 1.807) is 12.1 Å². The molecule has 1 aliphatic heterocycles. The summed E-state index contributed by atoms with van der Waals surface area (Å²) >= 11 is 5.76. The Morgan fingerprint density at radius 3 is 2.62 bits per heavy atom. The molecule has 3 aromatic rings. The van der Waals surface area contributed by atoms with Crippen LogP contribution in [0.3, 0.4) is 0 Å². The highest BCUT2D eigenvalue weighted by Crippen LogP contribution is 2.22. The molecule has 1 aromatic heterocycles. The minimum Gasteiger partial charge on any atom is -0.376 e. The molecule has 1 atom stereocenters. The van der Waals surface area contributed by atoms with Gasteiger partial charge < -0.3 is 4.74 Å². The molecule has 0 saturated carbocycles. The van der Waals surface area contributed by atoms with Gasteiger partial charge in [0.25, 0.3) is 0 Å². The molecule has 0 aliphatic carbocycles. The molecule has 0 spiro atoms. The maximum atomic E-state index is 13.4. The molecular formula is C22H25FN4OS. The lowest BCUT2D eigenvalue weighted by Gasteiger charge is -2.16. The van der Waals surface area contributed by atoms with Crippen LogP contribution in [0.2, 0.25) is 0 Å². The van der Waals surface area contributed by atoms with Crippen LogP contribution < -0.4 is 0 Å². The number of rotatable bonds is 7. The molecule has 0 amide bonds. The van der Waals surface area contributed by atoms with Crippen LogP contribution in [-0.4, -0.2) is 39.0 Å². The highest BCUT2D eigenvalue weighted by molar-refractivity contribution is 7.71. The SMILES string of the molecule is CN(Cc1ccccc1)Cn1nc(-c2ccc(F)cc2)n(C[C@@H]2CCCO2)c1=S. The van der Waals surface area contributed by atoms with Crippen molar-refractivity contribution in [1.29, 1.82) is 0 Å². The molecule has 0 radical (unpaired) electrons. The predicted molar refractivity (Wildman–Crippen MR) is 113 cm³/mol. The Labute approximate surface area is 175 Å². The predicted octanol–water partition coefficient (Wildman–Crippen LogP) is 4.49. The maximum Gasteiger partial charge on any atom is 0.199 e. The molecule has 2 heterocycles. The van der Waals surface area contributed by atoms with Gasteiger partial charge in [0.05, 0.1) is 19.3 Å². The number of hydrogen-bond donors (Lipinski definition) is 0. The highest BCUT2D eigenvalue weighted by Gasteiger charge is 2.21. The summed E-state index contributed by atoms with van der Waals surface area (Å²) in [5, 5.41) is 4.79. The lowest BCUT2D eigenvalue weighted by molar-refractivity contribution is 0.0967. The van der Waals surface area contributed by atoms with Crippen molar-refractivity contribution in [1.82, 2.24) is 19.2 Å². The van der Waals surface area contributed by atoms with Crippen LogP contribution in [0.15, 0.2) is 54.6 Å². The summed E-state index contributed by atoms with van der Waals surface area (Å²) in [5.41, 5.74) is 2.08. The number of hydrogen-bond acceptors (Lipinski definition) is 4. The van der Waals surface area contributed by atoms with Crippen LogP contribution in [0, 0.1) is 10.6 Å². The first-order chi connectivity index (χ1) is 14.1. The zero-order chi connectivity index (χ0) is 20.2. The third kappa shape index (κ3) is 4.80. The summed E-state index contributed by atoms with van der Waals surface area (Å²) in [4.78, 5) is 2.17. The van der Waals surface area contributed by atoms with Gasteiger partial charge in [-0.05, 0) is 61.9 Å². The lowest BCUT2D eigenvalue weighted by Crippen LogP contribution is -2.23. The van der Waals surface area contributed by atoms with Crippen molar-refractivity contribution < 1.29 is 9.13 Å². The summed E-state index contributed by atoms with van der Waals surface area (Å²) in [6.07, 6.45) is 2.22. The van der Waals surface area contributed by atoms with Gasteiger partial charge in [-0.25, -0.2) is 9.07 Å². The molecule has 29 heavy (non-hydrogen) atoms. The zero-order valence-corrected chi connectivity index (χ0v) is 17.3. The number of ether oxygens (including phenoxy) is 1. The number of benzene rings is 2. The van der Waals surface area contributed by atoms with E-state index in [9.17, 15) is 4.39 Å². The molecule has 0 bridgehead atoms. The topological polar surface area (TPSA) is 35.2 Å². The van der Waals surface area contributed by atoms with Crippen molar-refractivity contribution in [2.45, 2.75) is 38.7 Å². The molecule has 1 saturated heterocycles. The van der Waals surface area contributed by atoms with Gasteiger partial charge in [0.15, 0.2) is 10.6 Å². The molecule has 2 aromatic carbocycles. The molecular weight excluding hydrogens is 387 g/mol. The molecule has 7 heteroatoms. The van der Waals surface area contributed by atoms with E-state index in [0.29, 0.717) is 18.0 Å². The summed E-state index contributed by atoms with van der Waals surface area (Å²) in [5.74, 6) is 0.485. The van der Waals surface area contributed by atoms with Crippen LogP contribution in [0.25, 0.3) is 11.4 Å². The molecule has 152 valence electrons. The van der Waals surface area contributed by atoms with Crippen LogP contribution in [0.1, 0.15) is 18.4 Å². The second-order valence-electron chi connectivity index (χ2n) is 7.50. The van der Waals surface area contributed by atoms with Gasteiger partial charge >= 0.3 is 0 Å². The fourth-order valence-corrected chi connectivity index (χ4v) is 3.94. The lowest BCUT2D eigenvalue weighted by atomic mass is 10.2. The Balaban J connectivity index is 1.61. The Morgan fingerprint density at radius 2 is 1.93 bits per heavy atom. The van der Waals surface area contributed by atoms with E-state index in [4.69, 9.17) is 22.1 Å². The Bertz CT molecular complexity index is 994. The van der Waals surface area contributed by atoms with Crippen LogP contribution in [0.4, 0.5) is 4.39 Å². The standard InChI is InChI=1S/C22H25FN4OS/c1-25(14-17-6-3-2-4-7-17)16-27-22(29)26(15-20-8-5-13-28-20)21(24-27)18-9-11-19(23)12-10-18/h2-4,6-7,9-12,20H,5,8,13-16H2,1H3/t20-/m0/s1. The van der Waals surface area contributed by atoms with E-state index in [1.165, 1.54) is 17.7 Å². The number of halogens is 1. The van der Waals surface area contributed by atoms with E-state index < -0.39 is 0 Å². The fourth-order valence-electron chi connectivity index (χ4n) is 3.68. The Kier molecular flexibility index (Phi) is 6.18. The molecule has 5 nitrogen and oxygen atoms in total. The largest absolute Gasteiger partial charge is 0.376 e. The van der Waals surface area contributed by atoms with Gasteiger partial charge in [-0.15, -0.1) is 0 Å². The smallest absolute Gasteiger partial charge is 0.199 e. The third-order valence-corrected chi connectivity index (χ3v) is 5.54. The van der Waals surface area contributed by atoms with Crippen LogP contribution in [-0.2, 0) is 24.5 Å². The molecule has 1 aliphatic rings. The Hall–Kier alpha value is -2.35. The normalized spacial score (nSPS) is 16.6. The summed E-state index contributed by atoms with van der Waals surface area (Å²) in [6.45, 7) is 2.82. The zero-order valence-electron chi connectivity index (χ0n) is 16.5. The van der Waals surface area contributed by atoms with Gasteiger partial charge in [0.2, 0.25) is 0 Å². The van der Waals surface area contributed by atoms with Crippen molar-refractivity contribution in [3.05, 3.63) is 70.7 Å². The van der Waals surface area contributed by atoms with Gasteiger partial charge in [-0.3, -0.25) is 9.47 Å². The summed E-state index contributed by atoms with van der Waals surface area (Å²) in [6, 6.07) is 16.7. The van der Waals surface area contributed by atoms with E-state index in [1.807, 2.05) is 34.5 Å². The van der Waals surface area contributed by atoms with E-state index >= 15 is 0 Å². The summed E-state index contributed by atoms with van der Waals surface area (Å²) < 4.78 is 23.7. The van der Waals surface area contributed by atoms with E-state index in [2.05, 4.69) is 17.0 Å². The first kappa shape index (κ1) is 19.9. The van der Waals surface area contributed by atoms with E-state index in [-0.39, 0.29) is 11.9 Å². The minimum atomic E-state index is -0.264. The quantitative estimate of drug-likeness (QED) is 0.536. The monoisotopic (exact) mass is 412 g/mol. The van der Waals surface area contributed by atoms with Crippen molar-refractivity contribution in [2.75, 3.05) is 13.7 Å². The average molecular weight is 413 g/mol. The molecule has 1 fully saturated rings. The van der Waals surface area contributed by atoms with Crippen LogP contribution >= 0.6 is 12.2 Å². The first-order valence-corrected chi connectivity index (χ1v) is 10.3. The second-order valence-corrected chi connectivity index (χ2v) is 7.86. The third-order valence-electron chi connectivity index (χ3n) is 5.11. The van der Waals surface area contributed by atoms with Crippen LogP contribution in [0.5, 0.6) is 0 Å². The van der Waals surface area contributed by atoms with Crippen molar-refractivity contribution in [3.8, 4) is 11.4 Å². The van der Waals surface area contributed by atoms with Gasteiger partial charge in [-0.1, -0.05) is 30.3 Å². The maximum absolute atomic E-state index is 13.4. The summed E-state index contributed by atoms with van der Waals surface area (Å²) in [7, 11) is 2.05. The van der Waals surface area contributed by atoms with Gasteiger partial charge in [-0.2, -0.15) is 5.10 Å². The average Bonchev–Trinajstić information content (AvgIpc) is 3.33. The van der Waals surface area contributed by atoms with E-state index in [0.717, 1.165) is 37.4 Å². The molecule has 0 unspecified atom stereocenters. The minimum absolute atomic E-state index is 0.139. The number of aromatic nitrogens is 3. The molecule has 0 N–H and O–H groups in total. The Morgan fingerprint density at radius 1 is 1.17 bits per heavy atom. The fraction of sp³-hybridized carbons (Fsp3) is 0.364. The van der Waals surface area contributed by atoms with Gasteiger partial charge in [0, 0.05) is 18.7 Å². The van der Waals surface area contributed by atoms with Crippen molar-refractivity contribution in [3.63, 3.8) is 0 Å². The number of nitrogens with zero attached hydrogens (tertiary/aromatic N) is 4. The highest BCUT2D eigenvalue weighted by atomic mass is 32.1. The van der Waals surface area contributed by atoms with Gasteiger partial charge in [0.1, 0.15) is 5.82 Å². The molecule has 4 rings (SSSR count). The van der Waals surface area contributed by atoms with Crippen molar-refractivity contribution in [2.24, 2.45) is 0 Å². The second kappa shape index (κ2) is 8.98.